The quantitative estimate of drug-likeness (QED) is 0.0261. The molecule has 0 N–H and O–H groups in total. The first-order chi connectivity index (χ1) is 35.0. The number of carbonyl (C=O) groups is 3. The van der Waals surface area contributed by atoms with Crippen LogP contribution in [0, 0.1) is 0 Å². The Morgan fingerprint density at radius 3 is 0.831 bits per heavy atom. The van der Waals surface area contributed by atoms with Crippen LogP contribution in [0.25, 0.3) is 0 Å². The van der Waals surface area contributed by atoms with E-state index in [4.69, 9.17) is 14.2 Å². The van der Waals surface area contributed by atoms with E-state index in [2.05, 4.69) is 69.4 Å². The molecule has 0 heterocycles. The van der Waals surface area contributed by atoms with Crippen LogP contribution in [0.5, 0.6) is 0 Å². The third-order valence-electron chi connectivity index (χ3n) is 13.8. The van der Waals surface area contributed by atoms with E-state index in [-0.39, 0.29) is 31.1 Å². The highest BCUT2D eigenvalue weighted by molar-refractivity contribution is 5.71. The molecule has 0 aromatic heterocycles. The van der Waals surface area contributed by atoms with E-state index in [0.717, 1.165) is 83.5 Å². The molecule has 1 atom stereocenters. The van der Waals surface area contributed by atoms with Crippen LogP contribution in [0.2, 0.25) is 0 Å². The van der Waals surface area contributed by atoms with Gasteiger partial charge in [0.2, 0.25) is 0 Å². The van der Waals surface area contributed by atoms with Gasteiger partial charge in [0.15, 0.2) is 6.10 Å². The average Bonchev–Trinajstić information content (AvgIpc) is 3.37. The largest absolute Gasteiger partial charge is 0.462 e. The second-order valence-electron chi connectivity index (χ2n) is 21.0. The molecule has 0 aromatic carbocycles. The van der Waals surface area contributed by atoms with Gasteiger partial charge in [0.1, 0.15) is 13.2 Å². The van der Waals surface area contributed by atoms with Crippen LogP contribution in [0.3, 0.4) is 0 Å². The third kappa shape index (κ3) is 58.1. The number of ether oxygens (including phenoxy) is 3. The molecule has 0 spiro atoms. The molecule has 414 valence electrons. The van der Waals surface area contributed by atoms with Gasteiger partial charge in [0.25, 0.3) is 0 Å². The number of unbranched alkanes of at least 4 members (excludes halogenated alkanes) is 38. The van der Waals surface area contributed by atoms with Crippen LogP contribution >= 0.6 is 0 Å². The first-order valence-corrected chi connectivity index (χ1v) is 31.1. The number of hydrogen-bond donors (Lipinski definition) is 0. The van der Waals surface area contributed by atoms with Crippen molar-refractivity contribution in [2.75, 3.05) is 13.2 Å². The predicted molar refractivity (Wildman–Crippen MR) is 307 cm³/mol. The number of rotatable bonds is 57. The highest BCUT2D eigenvalue weighted by atomic mass is 16.6. The van der Waals surface area contributed by atoms with Gasteiger partial charge in [-0.1, -0.05) is 275 Å². The normalized spacial score (nSPS) is 12.3. The van der Waals surface area contributed by atoms with Gasteiger partial charge in [-0.25, -0.2) is 0 Å². The lowest BCUT2D eigenvalue weighted by atomic mass is 10.0. The second kappa shape index (κ2) is 59.9. The molecule has 6 nitrogen and oxygen atoms in total. The van der Waals surface area contributed by atoms with E-state index < -0.39 is 6.10 Å². The Balaban J connectivity index is 4.37. The zero-order valence-corrected chi connectivity index (χ0v) is 47.5. The highest BCUT2D eigenvalue weighted by Crippen LogP contribution is 2.17. The van der Waals surface area contributed by atoms with Crippen molar-refractivity contribution in [1.82, 2.24) is 0 Å². The predicted octanol–water partition coefficient (Wildman–Crippen LogP) is 21.0. The maximum atomic E-state index is 12.9. The minimum atomic E-state index is -0.782. The first-order valence-electron chi connectivity index (χ1n) is 31.1. The molecular weight excluding hydrogens is 877 g/mol. The smallest absolute Gasteiger partial charge is 0.306 e. The Morgan fingerprint density at radius 1 is 0.282 bits per heavy atom. The summed E-state index contributed by atoms with van der Waals surface area (Å²) in [4.78, 5) is 38.3. The summed E-state index contributed by atoms with van der Waals surface area (Å²) in [6, 6.07) is 0. The van der Waals surface area contributed by atoms with E-state index in [0.29, 0.717) is 19.3 Å². The minimum absolute atomic E-state index is 0.0781. The van der Waals surface area contributed by atoms with Crippen molar-refractivity contribution in [3.63, 3.8) is 0 Å². The number of hydrogen-bond acceptors (Lipinski definition) is 6. The Labute approximate surface area is 441 Å². The summed E-state index contributed by atoms with van der Waals surface area (Å²) in [5, 5.41) is 0. The molecule has 0 saturated carbocycles. The molecule has 0 unspecified atom stereocenters. The van der Waals surface area contributed by atoms with Gasteiger partial charge in [-0.3, -0.25) is 14.4 Å². The van der Waals surface area contributed by atoms with Gasteiger partial charge >= 0.3 is 17.9 Å². The summed E-state index contributed by atoms with van der Waals surface area (Å²) in [5.41, 5.74) is 0. The standard InChI is InChI=1S/C65H118O6/c1-4-7-10-13-16-19-22-25-28-31-32-35-37-40-43-46-49-52-55-58-64(67)70-61-62(71-65(68)59-56-53-50-47-44-41-38-34-30-27-24-21-18-15-12-9-6-3)60-69-63(66)57-54-51-48-45-42-39-36-33-29-26-23-20-17-14-11-8-5-2/h17,20,25-26,28-29,36,39,62H,4-16,18-19,21-24,27,30-35,37-38,40-61H2,1-3H3/b20-17-,28-25-,29-26-,39-36-/t62-/m1/s1. The lowest BCUT2D eigenvalue weighted by molar-refractivity contribution is -0.167. The molecule has 0 rings (SSSR count). The van der Waals surface area contributed by atoms with Crippen molar-refractivity contribution in [3.8, 4) is 0 Å². The summed E-state index contributed by atoms with van der Waals surface area (Å²) in [6.07, 6.45) is 73.9. The van der Waals surface area contributed by atoms with E-state index in [1.165, 1.54) is 205 Å². The Morgan fingerprint density at radius 2 is 0.507 bits per heavy atom. The second-order valence-corrected chi connectivity index (χ2v) is 21.0. The van der Waals surface area contributed by atoms with Crippen molar-refractivity contribution < 1.29 is 28.6 Å². The summed E-state index contributed by atoms with van der Waals surface area (Å²) in [5.74, 6) is -0.882. The fourth-order valence-electron chi connectivity index (χ4n) is 9.09. The van der Waals surface area contributed by atoms with Crippen molar-refractivity contribution in [3.05, 3.63) is 48.6 Å². The topological polar surface area (TPSA) is 78.9 Å². The monoisotopic (exact) mass is 995 g/mol. The molecule has 0 amide bonds. The zero-order valence-electron chi connectivity index (χ0n) is 47.5. The van der Waals surface area contributed by atoms with Crippen LogP contribution in [-0.2, 0) is 28.6 Å². The molecule has 0 bridgehead atoms. The summed E-state index contributed by atoms with van der Waals surface area (Å²) >= 11 is 0. The van der Waals surface area contributed by atoms with Gasteiger partial charge in [-0.05, 0) is 83.5 Å². The zero-order chi connectivity index (χ0) is 51.4. The molecule has 0 aliphatic rings. The molecule has 0 aromatic rings. The van der Waals surface area contributed by atoms with Crippen LogP contribution in [0.1, 0.15) is 329 Å². The van der Waals surface area contributed by atoms with Gasteiger partial charge < -0.3 is 14.2 Å². The van der Waals surface area contributed by atoms with E-state index in [1.807, 2.05) is 0 Å². The Hall–Kier alpha value is -2.63. The van der Waals surface area contributed by atoms with Crippen LogP contribution < -0.4 is 0 Å². The molecule has 6 heteroatoms. The van der Waals surface area contributed by atoms with Crippen molar-refractivity contribution in [2.45, 2.75) is 335 Å². The molecule has 0 aliphatic heterocycles. The number of allylic oxidation sites excluding steroid dienone is 8. The van der Waals surface area contributed by atoms with Crippen molar-refractivity contribution in [2.24, 2.45) is 0 Å². The molecule has 0 saturated heterocycles. The molecule has 0 radical (unpaired) electrons. The average molecular weight is 996 g/mol. The van der Waals surface area contributed by atoms with Crippen LogP contribution in [0.4, 0.5) is 0 Å². The van der Waals surface area contributed by atoms with Gasteiger partial charge in [-0.15, -0.1) is 0 Å². The summed E-state index contributed by atoms with van der Waals surface area (Å²) < 4.78 is 16.9. The van der Waals surface area contributed by atoms with E-state index >= 15 is 0 Å². The Bertz CT molecular complexity index is 1230. The van der Waals surface area contributed by atoms with Gasteiger partial charge in [0.05, 0.1) is 0 Å². The van der Waals surface area contributed by atoms with Gasteiger partial charge in [-0.2, -0.15) is 0 Å². The van der Waals surface area contributed by atoms with Crippen molar-refractivity contribution >= 4 is 17.9 Å². The Kier molecular flexibility index (Phi) is 57.7. The lowest BCUT2D eigenvalue weighted by Crippen LogP contribution is -2.30. The maximum Gasteiger partial charge on any atom is 0.306 e. The molecular formula is C65H118O6. The SMILES string of the molecule is CCCCC/C=C\C/C=C\C/C=C\CCCCCCC(=O)OC[C@H](COC(=O)CCCCCCCCCCC/C=C\CCCCCCCC)OC(=O)CCCCCCCCCCCCCCCCCCC. The molecule has 0 fully saturated rings. The number of esters is 3. The molecule has 0 aliphatic carbocycles. The van der Waals surface area contributed by atoms with Gasteiger partial charge in [0, 0.05) is 19.3 Å². The highest BCUT2D eigenvalue weighted by Gasteiger charge is 2.19. The number of carbonyl (C=O) groups excluding carboxylic acids is 3. The van der Waals surface area contributed by atoms with E-state index in [9.17, 15) is 14.4 Å². The maximum absolute atomic E-state index is 12.9. The van der Waals surface area contributed by atoms with Crippen LogP contribution in [-0.4, -0.2) is 37.2 Å². The fraction of sp³-hybridized carbons (Fsp3) is 0.831. The first kappa shape index (κ1) is 68.4. The van der Waals surface area contributed by atoms with Crippen LogP contribution in [0.15, 0.2) is 48.6 Å². The summed E-state index contributed by atoms with van der Waals surface area (Å²) in [6.45, 7) is 6.64. The lowest BCUT2D eigenvalue weighted by Gasteiger charge is -2.18. The third-order valence-corrected chi connectivity index (χ3v) is 13.8. The summed E-state index contributed by atoms with van der Waals surface area (Å²) in [7, 11) is 0. The van der Waals surface area contributed by atoms with Crippen molar-refractivity contribution in [1.29, 1.82) is 0 Å². The minimum Gasteiger partial charge on any atom is -0.462 e. The fourth-order valence-corrected chi connectivity index (χ4v) is 9.09. The van der Waals surface area contributed by atoms with E-state index in [1.54, 1.807) is 0 Å². The molecule has 71 heavy (non-hydrogen) atoms.